The Balaban J connectivity index is 1.41. The van der Waals surface area contributed by atoms with Crippen molar-refractivity contribution in [2.45, 2.75) is 6.04 Å². The Labute approximate surface area is 189 Å². The van der Waals surface area contributed by atoms with Crippen LogP contribution in [0.1, 0.15) is 28.3 Å². The molecule has 0 bridgehead atoms. The molecule has 0 amide bonds. The van der Waals surface area contributed by atoms with E-state index in [2.05, 4.69) is 101 Å². The number of aromatic nitrogens is 2. The van der Waals surface area contributed by atoms with Crippen LogP contribution in [0.25, 0.3) is 16.7 Å². The van der Waals surface area contributed by atoms with E-state index in [1.54, 1.807) is 0 Å². The van der Waals surface area contributed by atoms with Crippen LogP contribution in [0, 0.1) is 0 Å². The molecule has 0 spiro atoms. The fraction of sp³-hybridized carbons (Fsp3) is 0.0333. The van der Waals surface area contributed by atoms with Gasteiger partial charge in [-0.05, 0) is 39.0 Å². The molecule has 32 heavy (non-hydrogen) atoms. The zero-order valence-corrected chi connectivity index (χ0v) is 17.8. The highest BCUT2D eigenvalue weighted by Gasteiger charge is 2.15. The van der Waals surface area contributed by atoms with Crippen LogP contribution in [-0.4, -0.2) is 9.55 Å². The predicted molar refractivity (Wildman–Crippen MR) is 132 cm³/mol. The van der Waals surface area contributed by atoms with Crippen molar-refractivity contribution in [1.29, 1.82) is 0 Å². The summed E-state index contributed by atoms with van der Waals surface area (Å²) in [5.74, 6) is 0. The highest BCUT2D eigenvalue weighted by Crippen LogP contribution is 2.30. The largest absolute Gasteiger partial charge is 0.326 e. The van der Waals surface area contributed by atoms with Crippen LogP contribution in [0.15, 0.2) is 134 Å². The van der Waals surface area contributed by atoms with Crippen LogP contribution in [0.2, 0.25) is 0 Å². The maximum atomic E-state index is 4.27. The number of imidazole rings is 1. The van der Waals surface area contributed by atoms with E-state index in [0.29, 0.717) is 0 Å². The molecule has 1 atom stereocenters. The second-order valence-electron chi connectivity index (χ2n) is 7.87. The van der Waals surface area contributed by atoms with Gasteiger partial charge in [-0.1, -0.05) is 116 Å². The Morgan fingerprint density at radius 2 is 1.16 bits per heavy atom. The molecule has 154 valence electrons. The Morgan fingerprint density at radius 1 is 0.625 bits per heavy atom. The third-order valence-corrected chi connectivity index (χ3v) is 5.85. The monoisotopic (exact) mass is 412 g/mol. The number of rotatable bonds is 6. The molecule has 1 aromatic heterocycles. The summed E-state index contributed by atoms with van der Waals surface area (Å²) in [5.41, 5.74) is 8.19. The minimum Gasteiger partial charge on any atom is -0.326 e. The Morgan fingerprint density at radius 3 is 1.75 bits per heavy atom. The van der Waals surface area contributed by atoms with Crippen molar-refractivity contribution in [2.75, 3.05) is 0 Å². The van der Waals surface area contributed by atoms with Crippen molar-refractivity contribution in [1.82, 2.24) is 9.55 Å². The molecule has 5 aromatic rings. The van der Waals surface area contributed by atoms with Crippen LogP contribution in [-0.2, 0) is 0 Å². The highest BCUT2D eigenvalue weighted by molar-refractivity contribution is 5.79. The summed E-state index contributed by atoms with van der Waals surface area (Å²) >= 11 is 0. The van der Waals surface area contributed by atoms with E-state index in [-0.39, 0.29) is 6.04 Å². The van der Waals surface area contributed by atoms with E-state index in [0.717, 1.165) is 16.7 Å². The number of benzene rings is 4. The fourth-order valence-electron chi connectivity index (χ4n) is 4.12. The lowest BCUT2D eigenvalue weighted by atomic mass is 9.94. The second kappa shape index (κ2) is 8.91. The molecule has 0 N–H and O–H groups in total. The molecule has 2 nitrogen and oxygen atoms in total. The lowest BCUT2D eigenvalue weighted by Crippen LogP contribution is -2.10. The van der Waals surface area contributed by atoms with Crippen LogP contribution < -0.4 is 0 Å². The first-order valence-corrected chi connectivity index (χ1v) is 10.8. The number of hydrogen-bond acceptors (Lipinski definition) is 1. The third-order valence-electron chi connectivity index (χ3n) is 5.85. The molecule has 0 saturated carbocycles. The normalized spacial score (nSPS) is 11.8. The lowest BCUT2D eigenvalue weighted by Gasteiger charge is -2.20. The van der Waals surface area contributed by atoms with Crippen molar-refractivity contribution in [3.8, 4) is 11.1 Å². The lowest BCUT2D eigenvalue weighted by molar-refractivity contribution is 0.677. The van der Waals surface area contributed by atoms with Gasteiger partial charge in [0.25, 0.3) is 0 Å². The summed E-state index contributed by atoms with van der Waals surface area (Å²) in [6.07, 6.45) is 5.73. The van der Waals surface area contributed by atoms with Crippen molar-refractivity contribution < 1.29 is 0 Å². The molecular formula is C30H24N2. The van der Waals surface area contributed by atoms with Gasteiger partial charge in [0.15, 0.2) is 0 Å². The average molecular weight is 413 g/mol. The minimum absolute atomic E-state index is 0.101. The van der Waals surface area contributed by atoms with Crippen molar-refractivity contribution in [3.63, 3.8) is 0 Å². The standard InChI is InChI=1S/C30H24N2/c1-23(24-8-4-2-5-9-24)25-12-14-26(15-13-25)27-16-18-29(19-17-27)30(32-21-20-31-22-32)28-10-6-3-7-11-28/h2-22,30H,1H2. The van der Waals surface area contributed by atoms with E-state index in [1.165, 1.54) is 22.3 Å². The summed E-state index contributed by atoms with van der Waals surface area (Å²) in [4.78, 5) is 4.26. The average Bonchev–Trinajstić information content (AvgIpc) is 3.40. The first-order chi connectivity index (χ1) is 15.8. The van der Waals surface area contributed by atoms with Gasteiger partial charge in [0.2, 0.25) is 0 Å². The van der Waals surface area contributed by atoms with Gasteiger partial charge >= 0.3 is 0 Å². The van der Waals surface area contributed by atoms with Gasteiger partial charge in [0.05, 0.1) is 12.4 Å². The zero-order chi connectivity index (χ0) is 21.8. The van der Waals surface area contributed by atoms with Gasteiger partial charge in [-0.3, -0.25) is 0 Å². The quantitative estimate of drug-likeness (QED) is 0.287. The Hall–Kier alpha value is -4.17. The summed E-state index contributed by atoms with van der Waals surface area (Å²) in [6.45, 7) is 4.27. The molecule has 0 fully saturated rings. The van der Waals surface area contributed by atoms with E-state index in [4.69, 9.17) is 0 Å². The van der Waals surface area contributed by atoms with Crippen LogP contribution in [0.5, 0.6) is 0 Å². The van der Waals surface area contributed by atoms with E-state index < -0.39 is 0 Å². The van der Waals surface area contributed by atoms with Crippen LogP contribution in [0.4, 0.5) is 0 Å². The summed E-state index contributed by atoms with van der Waals surface area (Å²) in [5, 5.41) is 0. The fourth-order valence-corrected chi connectivity index (χ4v) is 4.12. The van der Waals surface area contributed by atoms with Gasteiger partial charge in [-0.25, -0.2) is 4.98 Å². The summed E-state index contributed by atoms with van der Waals surface area (Å²) < 4.78 is 2.15. The predicted octanol–water partition coefficient (Wildman–Crippen LogP) is 7.25. The molecule has 0 radical (unpaired) electrons. The second-order valence-corrected chi connectivity index (χ2v) is 7.87. The third kappa shape index (κ3) is 4.03. The van der Waals surface area contributed by atoms with Gasteiger partial charge in [-0.15, -0.1) is 0 Å². The minimum atomic E-state index is 0.101. The van der Waals surface area contributed by atoms with E-state index in [9.17, 15) is 0 Å². The number of hydrogen-bond donors (Lipinski definition) is 0. The van der Waals surface area contributed by atoms with Gasteiger partial charge in [0, 0.05) is 12.4 Å². The summed E-state index contributed by atoms with van der Waals surface area (Å²) in [7, 11) is 0. The van der Waals surface area contributed by atoms with E-state index in [1.807, 2.05) is 43.0 Å². The van der Waals surface area contributed by atoms with Crippen LogP contribution in [0.3, 0.4) is 0 Å². The number of nitrogens with zero attached hydrogens (tertiary/aromatic N) is 2. The maximum absolute atomic E-state index is 4.27. The van der Waals surface area contributed by atoms with E-state index >= 15 is 0 Å². The zero-order valence-electron chi connectivity index (χ0n) is 17.8. The van der Waals surface area contributed by atoms with Crippen molar-refractivity contribution in [3.05, 3.63) is 157 Å². The van der Waals surface area contributed by atoms with Crippen molar-refractivity contribution in [2.24, 2.45) is 0 Å². The molecule has 1 heterocycles. The van der Waals surface area contributed by atoms with Crippen molar-refractivity contribution >= 4 is 5.57 Å². The van der Waals surface area contributed by atoms with Crippen LogP contribution >= 0.6 is 0 Å². The molecule has 2 heteroatoms. The molecule has 0 aliphatic rings. The SMILES string of the molecule is C=C(c1ccccc1)c1ccc(-c2ccc(C(c3ccccc3)n3ccnc3)cc2)cc1. The molecule has 1 unspecified atom stereocenters. The molecule has 0 aliphatic carbocycles. The van der Waals surface area contributed by atoms with Gasteiger partial charge in [-0.2, -0.15) is 0 Å². The first kappa shape index (κ1) is 19.8. The Kier molecular flexibility index (Phi) is 5.50. The summed E-state index contributed by atoms with van der Waals surface area (Å²) in [6, 6.07) is 38.4. The van der Waals surface area contributed by atoms with Gasteiger partial charge < -0.3 is 4.57 Å². The molecule has 5 rings (SSSR count). The topological polar surface area (TPSA) is 17.8 Å². The maximum Gasteiger partial charge on any atom is 0.0954 e. The smallest absolute Gasteiger partial charge is 0.0954 e. The Bertz CT molecular complexity index is 1290. The van der Waals surface area contributed by atoms with Gasteiger partial charge in [0.1, 0.15) is 0 Å². The molecule has 0 aliphatic heterocycles. The molecular weight excluding hydrogens is 388 g/mol. The highest BCUT2D eigenvalue weighted by atomic mass is 15.0. The molecule has 4 aromatic carbocycles. The molecule has 0 saturated heterocycles. The first-order valence-electron chi connectivity index (χ1n) is 10.8.